The van der Waals surface area contributed by atoms with Crippen LogP contribution in [0.1, 0.15) is 30.9 Å². The molecule has 2 aromatic carbocycles. The highest BCUT2D eigenvalue weighted by Crippen LogP contribution is 2.45. The quantitative estimate of drug-likeness (QED) is 0.280. The fraction of sp³-hybridized carbons (Fsp3) is 0.375. The molecule has 0 amide bonds. The number of carbonyl (C=O) groups is 1. The Balaban J connectivity index is 2.57. The van der Waals surface area contributed by atoms with Gasteiger partial charge in [0.05, 0.1) is 26.9 Å². The van der Waals surface area contributed by atoms with Gasteiger partial charge in [0, 0.05) is 12.7 Å². The van der Waals surface area contributed by atoms with Gasteiger partial charge < -0.3 is 18.9 Å². The summed E-state index contributed by atoms with van der Waals surface area (Å²) in [6.45, 7) is 5.78. The van der Waals surface area contributed by atoms with Crippen LogP contribution in [-0.4, -0.2) is 46.9 Å². The molecule has 2 rings (SSSR count). The van der Waals surface area contributed by atoms with E-state index in [0.29, 0.717) is 37.9 Å². The van der Waals surface area contributed by atoms with Crippen molar-refractivity contribution in [2.24, 2.45) is 0 Å². The topological polar surface area (TPSA) is 54.0 Å². The van der Waals surface area contributed by atoms with Crippen LogP contribution in [0.5, 0.6) is 11.5 Å². The first kappa shape index (κ1) is 23.6. The summed E-state index contributed by atoms with van der Waals surface area (Å²) in [7, 11) is 3.20. The van der Waals surface area contributed by atoms with Gasteiger partial charge in [-0.25, -0.2) is 4.39 Å². The van der Waals surface area contributed by atoms with Crippen molar-refractivity contribution >= 4 is 12.4 Å². The zero-order valence-electron chi connectivity index (χ0n) is 17.9. The van der Waals surface area contributed by atoms with Crippen LogP contribution in [0.15, 0.2) is 36.4 Å². The van der Waals surface area contributed by atoms with E-state index in [1.54, 1.807) is 32.4 Å². The van der Waals surface area contributed by atoms with E-state index in [1.165, 1.54) is 18.2 Å². The van der Waals surface area contributed by atoms with Gasteiger partial charge in [-0.3, -0.25) is 4.79 Å². The number of methoxy groups -OCH3 is 2. The predicted octanol–water partition coefficient (Wildman–Crippen LogP) is 4.88. The Bertz CT molecular complexity index is 844. The van der Waals surface area contributed by atoms with Gasteiger partial charge in [0.2, 0.25) is 0 Å². The number of aldehydes is 1. The maximum absolute atomic E-state index is 13.6. The smallest absolute Gasteiger partial charge is 0.169 e. The SMILES string of the molecule is COCCOCCOc1c(OC)cc(C(C)C)c(/C=C/C=O)c1-c1ccc(F)cc1. The van der Waals surface area contributed by atoms with Crippen LogP contribution in [-0.2, 0) is 14.3 Å². The second kappa shape index (κ2) is 12.1. The van der Waals surface area contributed by atoms with Crippen molar-refractivity contribution in [1.29, 1.82) is 0 Å². The summed E-state index contributed by atoms with van der Waals surface area (Å²) in [5.74, 6) is 0.924. The molecule has 2 aromatic rings. The van der Waals surface area contributed by atoms with Crippen LogP contribution in [0.4, 0.5) is 4.39 Å². The minimum Gasteiger partial charge on any atom is -0.493 e. The largest absolute Gasteiger partial charge is 0.493 e. The van der Waals surface area contributed by atoms with E-state index in [4.69, 9.17) is 18.9 Å². The third-order valence-electron chi connectivity index (χ3n) is 4.54. The molecule has 0 unspecified atom stereocenters. The summed E-state index contributed by atoms with van der Waals surface area (Å²) in [5, 5.41) is 0. The normalized spacial score (nSPS) is 11.3. The lowest BCUT2D eigenvalue weighted by Crippen LogP contribution is -2.11. The van der Waals surface area contributed by atoms with Crippen molar-refractivity contribution in [3.63, 3.8) is 0 Å². The lowest BCUT2D eigenvalue weighted by atomic mass is 9.88. The molecule has 0 fully saturated rings. The van der Waals surface area contributed by atoms with Crippen LogP contribution < -0.4 is 9.47 Å². The van der Waals surface area contributed by atoms with Gasteiger partial charge in [0.15, 0.2) is 11.5 Å². The highest BCUT2D eigenvalue weighted by molar-refractivity contribution is 5.87. The summed E-state index contributed by atoms with van der Waals surface area (Å²) in [5.41, 5.74) is 3.33. The van der Waals surface area contributed by atoms with Crippen molar-refractivity contribution in [2.75, 3.05) is 40.6 Å². The molecule has 0 atom stereocenters. The van der Waals surface area contributed by atoms with Crippen LogP contribution in [0.3, 0.4) is 0 Å². The van der Waals surface area contributed by atoms with Crippen molar-refractivity contribution in [1.82, 2.24) is 0 Å². The van der Waals surface area contributed by atoms with E-state index in [1.807, 2.05) is 6.07 Å². The highest BCUT2D eigenvalue weighted by Gasteiger charge is 2.22. The second-order valence-electron chi connectivity index (χ2n) is 6.90. The first-order chi connectivity index (χ1) is 14.5. The Morgan fingerprint density at radius 3 is 2.33 bits per heavy atom. The minimum absolute atomic E-state index is 0.163. The number of hydrogen-bond donors (Lipinski definition) is 0. The van der Waals surface area contributed by atoms with Crippen molar-refractivity contribution in [2.45, 2.75) is 19.8 Å². The number of hydrogen-bond acceptors (Lipinski definition) is 5. The van der Waals surface area contributed by atoms with Gasteiger partial charge in [-0.2, -0.15) is 0 Å². The molecule has 0 heterocycles. The Morgan fingerprint density at radius 1 is 1.03 bits per heavy atom. The Kier molecular flexibility index (Phi) is 9.51. The molecule has 162 valence electrons. The fourth-order valence-corrected chi connectivity index (χ4v) is 3.11. The summed E-state index contributed by atoms with van der Waals surface area (Å²) >= 11 is 0. The van der Waals surface area contributed by atoms with Gasteiger partial charge in [-0.1, -0.05) is 32.1 Å². The summed E-state index contributed by atoms with van der Waals surface area (Å²) in [6.07, 6.45) is 3.92. The zero-order valence-corrected chi connectivity index (χ0v) is 17.9. The maximum atomic E-state index is 13.6. The molecule has 0 N–H and O–H groups in total. The van der Waals surface area contributed by atoms with E-state index in [2.05, 4.69) is 13.8 Å². The molecule has 0 spiro atoms. The van der Waals surface area contributed by atoms with Crippen molar-refractivity contribution in [3.05, 3.63) is 53.4 Å². The minimum atomic E-state index is -0.329. The lowest BCUT2D eigenvalue weighted by Gasteiger charge is -2.22. The average Bonchev–Trinajstić information content (AvgIpc) is 2.74. The Hall–Kier alpha value is -2.70. The number of allylic oxidation sites excluding steroid dienone is 1. The molecule has 0 saturated heterocycles. The Labute approximate surface area is 177 Å². The molecular formula is C24H29FO5. The summed E-state index contributed by atoms with van der Waals surface area (Å²) < 4.78 is 35.7. The lowest BCUT2D eigenvalue weighted by molar-refractivity contribution is -0.104. The second-order valence-corrected chi connectivity index (χ2v) is 6.90. The maximum Gasteiger partial charge on any atom is 0.169 e. The van der Waals surface area contributed by atoms with Crippen molar-refractivity contribution in [3.8, 4) is 22.6 Å². The van der Waals surface area contributed by atoms with E-state index in [9.17, 15) is 9.18 Å². The van der Waals surface area contributed by atoms with E-state index in [0.717, 1.165) is 28.5 Å². The van der Waals surface area contributed by atoms with Gasteiger partial charge >= 0.3 is 0 Å². The van der Waals surface area contributed by atoms with E-state index in [-0.39, 0.29) is 11.7 Å². The number of ether oxygens (including phenoxy) is 4. The molecular weight excluding hydrogens is 387 g/mol. The first-order valence-corrected chi connectivity index (χ1v) is 9.85. The Morgan fingerprint density at radius 2 is 1.73 bits per heavy atom. The van der Waals surface area contributed by atoms with Gasteiger partial charge in [0.25, 0.3) is 0 Å². The average molecular weight is 416 g/mol. The number of rotatable bonds is 12. The number of carbonyl (C=O) groups excluding carboxylic acids is 1. The van der Waals surface area contributed by atoms with Crippen LogP contribution >= 0.6 is 0 Å². The van der Waals surface area contributed by atoms with Gasteiger partial charge in [0.1, 0.15) is 18.7 Å². The van der Waals surface area contributed by atoms with E-state index >= 15 is 0 Å². The van der Waals surface area contributed by atoms with Crippen LogP contribution in [0.2, 0.25) is 0 Å². The molecule has 0 bridgehead atoms. The molecule has 5 nitrogen and oxygen atoms in total. The molecule has 0 aliphatic rings. The molecule has 0 saturated carbocycles. The van der Waals surface area contributed by atoms with Gasteiger partial charge in [-0.15, -0.1) is 0 Å². The predicted molar refractivity (Wildman–Crippen MR) is 116 cm³/mol. The number of halogens is 1. The summed E-state index contributed by atoms with van der Waals surface area (Å²) in [4.78, 5) is 11.0. The van der Waals surface area contributed by atoms with Crippen LogP contribution in [0.25, 0.3) is 17.2 Å². The third kappa shape index (κ3) is 6.15. The highest BCUT2D eigenvalue weighted by atomic mass is 19.1. The molecule has 0 aliphatic heterocycles. The standard InChI is InChI=1S/C24H29FO5/c1-17(2)21-16-22(28-4)24(30-15-14-29-13-12-27-3)23(20(21)6-5-11-26)18-7-9-19(25)10-8-18/h5-11,16-17H,12-15H2,1-4H3/b6-5+. The molecule has 0 aromatic heterocycles. The van der Waals surface area contributed by atoms with Crippen molar-refractivity contribution < 1.29 is 28.1 Å². The number of benzene rings is 2. The molecule has 30 heavy (non-hydrogen) atoms. The van der Waals surface area contributed by atoms with Crippen LogP contribution in [0, 0.1) is 5.82 Å². The summed E-state index contributed by atoms with van der Waals surface area (Å²) in [6, 6.07) is 8.09. The molecule has 0 radical (unpaired) electrons. The molecule has 0 aliphatic carbocycles. The first-order valence-electron chi connectivity index (χ1n) is 9.85. The monoisotopic (exact) mass is 416 g/mol. The third-order valence-corrected chi connectivity index (χ3v) is 4.54. The van der Waals surface area contributed by atoms with E-state index < -0.39 is 0 Å². The molecule has 6 heteroatoms. The zero-order chi connectivity index (χ0) is 21.9. The van der Waals surface area contributed by atoms with Gasteiger partial charge in [-0.05, 0) is 46.9 Å². The fourth-order valence-electron chi connectivity index (χ4n) is 3.11.